The van der Waals surface area contributed by atoms with Gasteiger partial charge in [-0.3, -0.25) is 9.48 Å². The van der Waals surface area contributed by atoms with E-state index in [2.05, 4.69) is 18.9 Å². The zero-order valence-corrected chi connectivity index (χ0v) is 8.74. The molecule has 1 aromatic heterocycles. The number of carbonyl (C=O) groups is 1. The smallest absolute Gasteiger partial charge is 0.269 e. The van der Waals surface area contributed by atoms with Crippen LogP contribution in [-0.4, -0.2) is 15.7 Å². The Bertz CT molecular complexity index is 354. The second-order valence-electron chi connectivity index (χ2n) is 3.79. The van der Waals surface area contributed by atoms with Crippen molar-refractivity contribution < 1.29 is 4.79 Å². The van der Waals surface area contributed by atoms with Crippen molar-refractivity contribution in [3.05, 3.63) is 11.4 Å². The third-order valence-corrected chi connectivity index (χ3v) is 2.00. The van der Waals surface area contributed by atoms with Gasteiger partial charge in [-0.15, -0.1) is 0 Å². The minimum absolute atomic E-state index is 0.292. The molecule has 1 amide bonds. The van der Waals surface area contributed by atoms with Gasteiger partial charge in [-0.1, -0.05) is 13.8 Å². The molecule has 1 heterocycles. The molecule has 0 aliphatic heterocycles. The fraction of sp³-hybridized carbons (Fsp3) is 0.556. The molecule has 0 aliphatic carbocycles. The SMILES string of the molecule is CC(C)Cc1nn(C)c(C(N)=O)c1N. The molecule has 0 radical (unpaired) electrons. The van der Waals surface area contributed by atoms with Crippen molar-refractivity contribution in [1.82, 2.24) is 9.78 Å². The van der Waals surface area contributed by atoms with Crippen molar-refractivity contribution in [2.45, 2.75) is 20.3 Å². The largest absolute Gasteiger partial charge is 0.395 e. The number of nitrogens with two attached hydrogens (primary N) is 2. The van der Waals surface area contributed by atoms with Gasteiger partial charge < -0.3 is 11.5 Å². The zero-order chi connectivity index (χ0) is 10.9. The van der Waals surface area contributed by atoms with Crippen LogP contribution in [0.15, 0.2) is 0 Å². The van der Waals surface area contributed by atoms with Gasteiger partial charge in [-0.05, 0) is 12.3 Å². The molecule has 5 heteroatoms. The summed E-state index contributed by atoms with van der Waals surface area (Å²) in [5.74, 6) is -0.0829. The summed E-state index contributed by atoms with van der Waals surface area (Å²) in [6.45, 7) is 4.14. The molecule has 1 rings (SSSR count). The van der Waals surface area contributed by atoms with E-state index in [1.165, 1.54) is 4.68 Å². The number of primary amides is 1. The predicted octanol–water partition coefficient (Wildman–Crippen LogP) is 0.300. The van der Waals surface area contributed by atoms with Crippen molar-refractivity contribution in [2.24, 2.45) is 18.7 Å². The second-order valence-corrected chi connectivity index (χ2v) is 3.79. The lowest BCUT2D eigenvalue weighted by molar-refractivity contribution is 0.0992. The average Bonchev–Trinajstić information content (AvgIpc) is 2.25. The molecule has 5 nitrogen and oxygen atoms in total. The molecule has 0 spiro atoms. The van der Waals surface area contributed by atoms with E-state index in [0.29, 0.717) is 17.3 Å². The Morgan fingerprint density at radius 1 is 1.57 bits per heavy atom. The molecule has 14 heavy (non-hydrogen) atoms. The highest BCUT2D eigenvalue weighted by Gasteiger charge is 2.17. The van der Waals surface area contributed by atoms with Crippen LogP contribution in [0.1, 0.15) is 30.0 Å². The van der Waals surface area contributed by atoms with Gasteiger partial charge >= 0.3 is 0 Å². The highest BCUT2D eigenvalue weighted by Crippen LogP contribution is 2.18. The zero-order valence-electron chi connectivity index (χ0n) is 8.74. The number of aromatic nitrogens is 2. The number of aryl methyl sites for hydroxylation is 1. The topological polar surface area (TPSA) is 86.9 Å². The summed E-state index contributed by atoms with van der Waals surface area (Å²) < 4.78 is 1.44. The van der Waals surface area contributed by atoms with Crippen molar-refractivity contribution in [3.8, 4) is 0 Å². The van der Waals surface area contributed by atoms with E-state index in [9.17, 15) is 4.79 Å². The molecular weight excluding hydrogens is 180 g/mol. The molecule has 0 atom stereocenters. The lowest BCUT2D eigenvalue weighted by Crippen LogP contribution is -2.17. The van der Waals surface area contributed by atoms with E-state index in [0.717, 1.165) is 12.1 Å². The number of nitrogens with zero attached hydrogens (tertiary/aromatic N) is 2. The van der Waals surface area contributed by atoms with Crippen molar-refractivity contribution >= 4 is 11.6 Å². The fourth-order valence-corrected chi connectivity index (χ4v) is 1.43. The third kappa shape index (κ3) is 1.86. The third-order valence-electron chi connectivity index (χ3n) is 2.00. The molecule has 0 saturated heterocycles. The maximum Gasteiger partial charge on any atom is 0.269 e. The Morgan fingerprint density at radius 3 is 2.50 bits per heavy atom. The van der Waals surface area contributed by atoms with Crippen LogP contribution >= 0.6 is 0 Å². The molecular formula is C9H16N4O. The van der Waals surface area contributed by atoms with Gasteiger partial charge in [0.15, 0.2) is 0 Å². The van der Waals surface area contributed by atoms with Crippen LogP contribution in [0.2, 0.25) is 0 Å². The predicted molar refractivity (Wildman–Crippen MR) is 54.7 cm³/mol. The van der Waals surface area contributed by atoms with Crippen LogP contribution in [0, 0.1) is 5.92 Å². The summed E-state index contributed by atoms with van der Waals surface area (Å²) in [6.07, 6.45) is 0.757. The highest BCUT2D eigenvalue weighted by molar-refractivity contribution is 5.96. The number of hydrogen-bond acceptors (Lipinski definition) is 3. The summed E-state index contributed by atoms with van der Waals surface area (Å²) >= 11 is 0. The molecule has 4 N–H and O–H groups in total. The minimum Gasteiger partial charge on any atom is -0.395 e. The van der Waals surface area contributed by atoms with E-state index < -0.39 is 5.91 Å². The normalized spacial score (nSPS) is 10.9. The van der Waals surface area contributed by atoms with Gasteiger partial charge in [-0.25, -0.2) is 0 Å². The Balaban J connectivity index is 3.10. The van der Waals surface area contributed by atoms with Gasteiger partial charge in [0, 0.05) is 7.05 Å². The number of rotatable bonds is 3. The number of nitrogen functional groups attached to an aromatic ring is 1. The second kappa shape index (κ2) is 3.69. The first-order chi connectivity index (χ1) is 6.43. The fourth-order valence-electron chi connectivity index (χ4n) is 1.43. The Kier molecular flexibility index (Phi) is 2.78. The van der Waals surface area contributed by atoms with E-state index in [1.54, 1.807) is 7.05 Å². The molecule has 1 aromatic rings. The first-order valence-corrected chi connectivity index (χ1v) is 4.54. The van der Waals surface area contributed by atoms with E-state index in [1.807, 2.05) is 0 Å². The maximum absolute atomic E-state index is 11.0. The molecule has 0 aromatic carbocycles. The van der Waals surface area contributed by atoms with Crippen molar-refractivity contribution in [3.63, 3.8) is 0 Å². The molecule has 0 saturated carbocycles. The molecule has 0 bridgehead atoms. The van der Waals surface area contributed by atoms with Crippen LogP contribution in [0.4, 0.5) is 5.69 Å². The summed E-state index contributed by atoms with van der Waals surface area (Å²) in [5, 5.41) is 4.16. The van der Waals surface area contributed by atoms with Gasteiger partial charge in [-0.2, -0.15) is 5.10 Å². The average molecular weight is 196 g/mol. The minimum atomic E-state index is -0.535. The lowest BCUT2D eigenvalue weighted by atomic mass is 10.1. The van der Waals surface area contributed by atoms with Crippen LogP contribution < -0.4 is 11.5 Å². The standard InChI is InChI=1S/C9H16N4O/c1-5(2)4-6-7(10)8(9(11)14)13(3)12-6/h5H,4,10H2,1-3H3,(H2,11,14). The Morgan fingerprint density at radius 2 is 2.14 bits per heavy atom. The number of hydrogen-bond donors (Lipinski definition) is 2. The van der Waals surface area contributed by atoms with Gasteiger partial charge in [0.05, 0.1) is 11.4 Å². The van der Waals surface area contributed by atoms with Crippen LogP contribution in [-0.2, 0) is 13.5 Å². The molecule has 0 fully saturated rings. The first-order valence-electron chi connectivity index (χ1n) is 4.54. The highest BCUT2D eigenvalue weighted by atomic mass is 16.1. The van der Waals surface area contributed by atoms with E-state index >= 15 is 0 Å². The molecule has 0 aliphatic rings. The number of anilines is 1. The summed E-state index contributed by atoms with van der Waals surface area (Å²) in [5.41, 5.74) is 12.4. The lowest BCUT2D eigenvalue weighted by Gasteiger charge is -2.01. The number of amides is 1. The number of carbonyl (C=O) groups excluding carboxylic acids is 1. The quantitative estimate of drug-likeness (QED) is 0.728. The first kappa shape index (κ1) is 10.6. The summed E-state index contributed by atoms with van der Waals surface area (Å²) in [6, 6.07) is 0. The molecule has 0 unspecified atom stereocenters. The summed E-state index contributed by atoms with van der Waals surface area (Å²) in [4.78, 5) is 11.0. The maximum atomic E-state index is 11.0. The van der Waals surface area contributed by atoms with Gasteiger partial charge in [0.1, 0.15) is 5.69 Å². The van der Waals surface area contributed by atoms with Crippen LogP contribution in [0.25, 0.3) is 0 Å². The van der Waals surface area contributed by atoms with Gasteiger partial charge in [0.2, 0.25) is 0 Å². The van der Waals surface area contributed by atoms with Crippen molar-refractivity contribution in [1.29, 1.82) is 0 Å². The van der Waals surface area contributed by atoms with Crippen LogP contribution in [0.5, 0.6) is 0 Å². The van der Waals surface area contributed by atoms with Crippen LogP contribution in [0.3, 0.4) is 0 Å². The Labute approximate surface area is 83.1 Å². The monoisotopic (exact) mass is 196 g/mol. The molecule has 78 valence electrons. The van der Waals surface area contributed by atoms with E-state index in [4.69, 9.17) is 11.5 Å². The van der Waals surface area contributed by atoms with Gasteiger partial charge in [0.25, 0.3) is 5.91 Å². The Hall–Kier alpha value is -1.52. The van der Waals surface area contributed by atoms with Crippen molar-refractivity contribution in [2.75, 3.05) is 5.73 Å². The van der Waals surface area contributed by atoms with E-state index in [-0.39, 0.29) is 0 Å². The summed E-state index contributed by atoms with van der Waals surface area (Å²) in [7, 11) is 1.67.